The Morgan fingerprint density at radius 1 is 1.18 bits per heavy atom. The molecule has 1 heterocycles. The van der Waals surface area contributed by atoms with Gasteiger partial charge in [-0.2, -0.15) is 0 Å². The van der Waals surface area contributed by atoms with Crippen LogP contribution in [0.25, 0.3) is 5.57 Å². The summed E-state index contributed by atoms with van der Waals surface area (Å²) < 4.78 is 0. The minimum Gasteiger partial charge on any atom is -0.387 e. The molecule has 0 saturated heterocycles. The second-order valence-electron chi connectivity index (χ2n) is 4.54. The third-order valence-electron chi connectivity index (χ3n) is 3.22. The van der Waals surface area contributed by atoms with E-state index in [9.17, 15) is 5.11 Å². The number of hydrogen-bond acceptors (Lipinski definition) is 2. The molecule has 1 aromatic rings. The van der Waals surface area contributed by atoms with Crippen molar-refractivity contribution in [2.75, 3.05) is 6.54 Å². The largest absolute Gasteiger partial charge is 0.387 e. The molecule has 1 atom stereocenters. The Kier molecular flexibility index (Phi) is 4.10. The highest BCUT2D eigenvalue weighted by atomic mass is 16.3. The zero-order chi connectivity index (χ0) is 12.1. The fraction of sp³-hybridized carbons (Fsp3) is 0.400. The Labute approximate surface area is 103 Å². The number of allylic oxidation sites excluding steroid dienone is 1. The van der Waals surface area contributed by atoms with Crippen molar-refractivity contribution >= 4 is 11.8 Å². The van der Waals surface area contributed by atoms with Crippen LogP contribution in [0.15, 0.2) is 40.9 Å². The van der Waals surface area contributed by atoms with Crippen molar-refractivity contribution in [3.63, 3.8) is 0 Å². The van der Waals surface area contributed by atoms with Crippen LogP contribution in [0.2, 0.25) is 0 Å². The van der Waals surface area contributed by atoms with Crippen molar-refractivity contribution in [1.29, 1.82) is 0 Å². The first-order valence-electron chi connectivity index (χ1n) is 6.19. The molecule has 0 fully saturated rings. The van der Waals surface area contributed by atoms with E-state index in [1.165, 1.54) is 16.7 Å². The van der Waals surface area contributed by atoms with Gasteiger partial charge >= 0.3 is 0 Å². The summed E-state index contributed by atoms with van der Waals surface area (Å²) in [4.78, 5) is 4.24. The first-order valence-corrected chi connectivity index (χ1v) is 6.19. The second kappa shape index (κ2) is 5.78. The fourth-order valence-corrected chi connectivity index (χ4v) is 2.19. The lowest BCUT2D eigenvalue weighted by Crippen LogP contribution is -2.07. The summed E-state index contributed by atoms with van der Waals surface area (Å²) in [5.41, 5.74) is 4.04. The van der Waals surface area contributed by atoms with Crippen LogP contribution < -0.4 is 0 Å². The van der Waals surface area contributed by atoms with E-state index in [1.54, 1.807) is 6.21 Å². The highest BCUT2D eigenvalue weighted by Gasteiger charge is 2.10. The fourth-order valence-electron chi connectivity index (χ4n) is 2.19. The Balaban J connectivity index is 2.26. The molecule has 1 N–H and O–H groups in total. The number of hydrogen-bond donors (Lipinski definition) is 1. The molecule has 2 nitrogen and oxygen atoms in total. The van der Waals surface area contributed by atoms with Gasteiger partial charge in [0.1, 0.15) is 0 Å². The number of aliphatic imine (C=N–C) groups is 1. The van der Waals surface area contributed by atoms with Crippen molar-refractivity contribution < 1.29 is 5.11 Å². The highest BCUT2D eigenvalue weighted by Crippen LogP contribution is 2.26. The molecule has 0 radical (unpaired) electrons. The van der Waals surface area contributed by atoms with E-state index in [0.717, 1.165) is 25.8 Å². The van der Waals surface area contributed by atoms with Gasteiger partial charge in [0.2, 0.25) is 0 Å². The Hall–Kier alpha value is -1.41. The zero-order valence-electron chi connectivity index (χ0n) is 10.3. The highest BCUT2D eigenvalue weighted by molar-refractivity contribution is 5.70. The molecule has 1 aliphatic heterocycles. The van der Waals surface area contributed by atoms with Crippen LogP contribution in [-0.4, -0.2) is 24.0 Å². The molecule has 0 saturated carbocycles. The predicted molar refractivity (Wildman–Crippen MR) is 72.3 cm³/mol. The van der Waals surface area contributed by atoms with Crippen LogP contribution in [0, 0.1) is 0 Å². The summed E-state index contributed by atoms with van der Waals surface area (Å²) in [5.74, 6) is 0. The Morgan fingerprint density at radius 2 is 1.94 bits per heavy atom. The molecular weight excluding hydrogens is 210 g/mol. The summed E-state index contributed by atoms with van der Waals surface area (Å²) >= 11 is 0. The van der Waals surface area contributed by atoms with E-state index in [4.69, 9.17) is 0 Å². The first-order chi connectivity index (χ1) is 8.27. The molecule has 1 unspecified atom stereocenters. The van der Waals surface area contributed by atoms with Crippen LogP contribution in [0.4, 0.5) is 0 Å². The monoisotopic (exact) mass is 229 g/mol. The van der Waals surface area contributed by atoms with Crippen LogP contribution >= 0.6 is 0 Å². The minimum absolute atomic E-state index is 0.403. The van der Waals surface area contributed by atoms with E-state index in [-0.39, 0.29) is 0 Å². The van der Waals surface area contributed by atoms with Crippen molar-refractivity contribution in [3.8, 4) is 0 Å². The van der Waals surface area contributed by atoms with Crippen molar-refractivity contribution in [2.45, 2.75) is 32.3 Å². The standard InChI is InChI=1S/C15H19NO/c1-12-9-10-16-11-14(17)7-8-15(12)13-5-3-2-4-6-13/h2-6,11,14,17H,7-10H2,1H3/b15-12+,16-11-. The van der Waals surface area contributed by atoms with Gasteiger partial charge in [-0.1, -0.05) is 35.9 Å². The van der Waals surface area contributed by atoms with Gasteiger partial charge in [-0.05, 0) is 37.3 Å². The van der Waals surface area contributed by atoms with Crippen LogP contribution in [0.5, 0.6) is 0 Å². The third kappa shape index (κ3) is 3.27. The van der Waals surface area contributed by atoms with Crippen LogP contribution in [0.3, 0.4) is 0 Å². The first kappa shape index (κ1) is 12.1. The van der Waals surface area contributed by atoms with E-state index in [1.807, 2.05) is 6.07 Å². The van der Waals surface area contributed by atoms with Gasteiger partial charge < -0.3 is 5.11 Å². The maximum atomic E-state index is 9.72. The molecule has 2 heteroatoms. The lowest BCUT2D eigenvalue weighted by molar-refractivity contribution is 0.237. The second-order valence-corrected chi connectivity index (χ2v) is 4.54. The summed E-state index contributed by atoms with van der Waals surface area (Å²) in [6.45, 7) is 2.95. The molecule has 1 aliphatic rings. The van der Waals surface area contributed by atoms with Gasteiger partial charge in [-0.3, -0.25) is 4.99 Å². The number of aliphatic hydroxyl groups excluding tert-OH is 1. The van der Waals surface area contributed by atoms with Crippen LogP contribution in [-0.2, 0) is 0 Å². The molecule has 1 aromatic carbocycles. The number of aliphatic hydroxyl groups is 1. The normalized spacial score (nSPS) is 28.0. The van der Waals surface area contributed by atoms with Gasteiger partial charge in [0.05, 0.1) is 6.10 Å². The van der Waals surface area contributed by atoms with Crippen LogP contribution in [0.1, 0.15) is 31.7 Å². The molecule has 0 aliphatic carbocycles. The molecule has 2 rings (SSSR count). The van der Waals surface area contributed by atoms with Gasteiger partial charge in [-0.25, -0.2) is 0 Å². The quantitative estimate of drug-likeness (QED) is 0.788. The Morgan fingerprint density at radius 3 is 2.71 bits per heavy atom. The lowest BCUT2D eigenvalue weighted by atomic mass is 9.94. The van der Waals surface area contributed by atoms with Gasteiger partial charge in [-0.15, -0.1) is 0 Å². The molecule has 0 aromatic heterocycles. The molecule has 90 valence electrons. The maximum Gasteiger partial charge on any atom is 0.0890 e. The average molecular weight is 229 g/mol. The third-order valence-corrected chi connectivity index (χ3v) is 3.22. The summed E-state index contributed by atoms with van der Waals surface area (Å²) in [6.07, 6.45) is 3.93. The van der Waals surface area contributed by atoms with Gasteiger partial charge in [0, 0.05) is 12.8 Å². The molecule has 0 spiro atoms. The number of benzene rings is 1. The molecular formula is C15H19NO. The minimum atomic E-state index is -0.403. The van der Waals surface area contributed by atoms with Crippen molar-refractivity contribution in [3.05, 3.63) is 41.5 Å². The molecule has 0 bridgehead atoms. The predicted octanol–water partition coefficient (Wildman–Crippen LogP) is 3.08. The summed E-state index contributed by atoms with van der Waals surface area (Å²) in [5, 5.41) is 9.72. The van der Waals surface area contributed by atoms with E-state index < -0.39 is 6.10 Å². The summed E-state index contributed by atoms with van der Waals surface area (Å²) in [6, 6.07) is 10.4. The summed E-state index contributed by atoms with van der Waals surface area (Å²) in [7, 11) is 0. The molecule has 0 amide bonds. The van der Waals surface area contributed by atoms with E-state index in [2.05, 4.69) is 36.2 Å². The van der Waals surface area contributed by atoms with Gasteiger partial charge in [0.25, 0.3) is 0 Å². The van der Waals surface area contributed by atoms with E-state index >= 15 is 0 Å². The van der Waals surface area contributed by atoms with E-state index in [0.29, 0.717) is 0 Å². The number of rotatable bonds is 1. The Bertz CT molecular complexity index is 420. The number of nitrogens with zero attached hydrogens (tertiary/aromatic N) is 1. The SMILES string of the molecule is C/C1=C(\c2ccccc2)CCC(O)/C=N\CC1. The van der Waals surface area contributed by atoms with Gasteiger partial charge in [0.15, 0.2) is 0 Å². The van der Waals surface area contributed by atoms with Crippen molar-refractivity contribution in [1.82, 2.24) is 0 Å². The smallest absolute Gasteiger partial charge is 0.0890 e. The average Bonchev–Trinajstić information content (AvgIpc) is 2.43. The zero-order valence-corrected chi connectivity index (χ0v) is 10.3. The molecule has 17 heavy (non-hydrogen) atoms. The maximum absolute atomic E-state index is 9.72. The topological polar surface area (TPSA) is 32.6 Å². The van der Waals surface area contributed by atoms with Crippen molar-refractivity contribution in [2.24, 2.45) is 4.99 Å². The lowest BCUT2D eigenvalue weighted by Gasteiger charge is -2.12.